The molecule has 0 saturated carbocycles. The molecule has 0 rings (SSSR count). The zero-order chi connectivity index (χ0) is 20.7. The van der Waals surface area contributed by atoms with Crippen molar-refractivity contribution in [1.29, 1.82) is 0 Å². The SMILES string of the molecule is C=C(CC(C)C)CC(C)CCCC(C)=CCCC(C)=CCCC(C)CCO. The lowest BCUT2D eigenvalue weighted by Gasteiger charge is -2.15. The monoisotopic (exact) mass is 376 g/mol. The van der Waals surface area contributed by atoms with Gasteiger partial charge in [-0.2, -0.15) is 0 Å². The van der Waals surface area contributed by atoms with Gasteiger partial charge in [0.25, 0.3) is 0 Å². The van der Waals surface area contributed by atoms with E-state index in [9.17, 15) is 0 Å². The quantitative estimate of drug-likeness (QED) is 0.269. The van der Waals surface area contributed by atoms with E-state index in [0.717, 1.165) is 24.7 Å². The average Bonchev–Trinajstić information content (AvgIpc) is 2.54. The Bertz CT molecular complexity index is 441. The third kappa shape index (κ3) is 17.0. The molecular formula is C26H48O. The van der Waals surface area contributed by atoms with Gasteiger partial charge in [-0.05, 0) is 89.4 Å². The van der Waals surface area contributed by atoms with Gasteiger partial charge in [0.05, 0.1) is 0 Å². The van der Waals surface area contributed by atoms with E-state index in [-0.39, 0.29) is 0 Å². The summed E-state index contributed by atoms with van der Waals surface area (Å²) in [6.45, 7) is 18.3. The second kappa shape index (κ2) is 16.2. The summed E-state index contributed by atoms with van der Waals surface area (Å²) in [7, 11) is 0. The molecule has 2 unspecified atom stereocenters. The summed E-state index contributed by atoms with van der Waals surface area (Å²) < 4.78 is 0. The molecule has 0 bridgehead atoms. The molecule has 0 amide bonds. The molecule has 0 aliphatic rings. The zero-order valence-corrected chi connectivity index (χ0v) is 19.3. The van der Waals surface area contributed by atoms with E-state index >= 15 is 0 Å². The number of aliphatic hydroxyl groups excluding tert-OH is 1. The van der Waals surface area contributed by atoms with E-state index in [0.29, 0.717) is 12.5 Å². The predicted octanol–water partition coefficient (Wildman–Crippen LogP) is 8.26. The standard InChI is InChI=1S/C26H48O/c1-21(2)19-26(7)20-25(6)16-10-14-23(4)12-8-11-22(3)13-9-15-24(5)17-18-27/h12-13,21,24-25,27H,7-11,14-20H2,1-6H3. The Morgan fingerprint density at radius 2 is 1.44 bits per heavy atom. The molecule has 1 N–H and O–H groups in total. The molecule has 0 saturated heterocycles. The minimum atomic E-state index is 0.319. The Labute approximate surface area is 171 Å². The van der Waals surface area contributed by atoms with Crippen LogP contribution in [0.3, 0.4) is 0 Å². The Morgan fingerprint density at radius 3 is 2.07 bits per heavy atom. The molecular weight excluding hydrogens is 328 g/mol. The van der Waals surface area contributed by atoms with Crippen LogP contribution in [-0.2, 0) is 0 Å². The molecule has 0 aromatic carbocycles. The number of allylic oxidation sites excluding steroid dienone is 5. The summed E-state index contributed by atoms with van der Waals surface area (Å²) in [5, 5.41) is 8.95. The van der Waals surface area contributed by atoms with Crippen molar-refractivity contribution in [2.45, 2.75) is 106 Å². The van der Waals surface area contributed by atoms with Crippen molar-refractivity contribution in [3.63, 3.8) is 0 Å². The molecule has 27 heavy (non-hydrogen) atoms. The molecule has 0 heterocycles. The lowest BCUT2D eigenvalue weighted by Crippen LogP contribution is -1.99. The van der Waals surface area contributed by atoms with Gasteiger partial charge < -0.3 is 5.11 Å². The van der Waals surface area contributed by atoms with Crippen LogP contribution in [0, 0.1) is 17.8 Å². The average molecular weight is 377 g/mol. The maximum atomic E-state index is 8.95. The van der Waals surface area contributed by atoms with E-state index in [2.05, 4.69) is 60.3 Å². The maximum Gasteiger partial charge on any atom is 0.0433 e. The fourth-order valence-electron chi connectivity index (χ4n) is 3.71. The molecule has 0 aromatic rings. The van der Waals surface area contributed by atoms with E-state index in [1.165, 1.54) is 62.5 Å². The zero-order valence-electron chi connectivity index (χ0n) is 19.3. The molecule has 0 spiro atoms. The third-order valence-corrected chi connectivity index (χ3v) is 5.41. The van der Waals surface area contributed by atoms with Gasteiger partial charge in [-0.3, -0.25) is 0 Å². The van der Waals surface area contributed by atoms with Gasteiger partial charge in [-0.1, -0.05) is 69.6 Å². The minimum Gasteiger partial charge on any atom is -0.396 e. The van der Waals surface area contributed by atoms with E-state index in [4.69, 9.17) is 5.11 Å². The van der Waals surface area contributed by atoms with Crippen LogP contribution in [0.1, 0.15) is 106 Å². The molecule has 2 atom stereocenters. The second-order valence-electron chi connectivity index (χ2n) is 9.38. The molecule has 0 fully saturated rings. The first-order chi connectivity index (χ1) is 12.7. The van der Waals surface area contributed by atoms with Crippen LogP contribution in [0.4, 0.5) is 0 Å². The molecule has 158 valence electrons. The van der Waals surface area contributed by atoms with Crippen molar-refractivity contribution in [1.82, 2.24) is 0 Å². The highest BCUT2D eigenvalue weighted by Gasteiger charge is 2.06. The lowest BCUT2D eigenvalue weighted by molar-refractivity contribution is 0.259. The molecule has 0 aliphatic heterocycles. The summed E-state index contributed by atoms with van der Waals surface area (Å²) in [6, 6.07) is 0. The first-order valence-electron chi connectivity index (χ1n) is 11.3. The summed E-state index contributed by atoms with van der Waals surface area (Å²) in [5.41, 5.74) is 4.48. The first kappa shape index (κ1) is 26.2. The topological polar surface area (TPSA) is 20.2 Å². The van der Waals surface area contributed by atoms with Gasteiger partial charge in [-0.15, -0.1) is 0 Å². The molecule has 0 aromatic heterocycles. The number of rotatable bonds is 16. The summed E-state index contributed by atoms with van der Waals surface area (Å²) >= 11 is 0. The van der Waals surface area contributed by atoms with Crippen LogP contribution >= 0.6 is 0 Å². The minimum absolute atomic E-state index is 0.319. The maximum absolute atomic E-state index is 8.95. The molecule has 0 radical (unpaired) electrons. The van der Waals surface area contributed by atoms with Crippen molar-refractivity contribution < 1.29 is 5.11 Å². The number of hydrogen-bond acceptors (Lipinski definition) is 1. The van der Waals surface area contributed by atoms with Gasteiger partial charge in [0.2, 0.25) is 0 Å². The van der Waals surface area contributed by atoms with E-state index in [1.54, 1.807) is 5.57 Å². The molecule has 1 nitrogen and oxygen atoms in total. The van der Waals surface area contributed by atoms with Crippen molar-refractivity contribution in [2.24, 2.45) is 17.8 Å². The van der Waals surface area contributed by atoms with Gasteiger partial charge >= 0.3 is 0 Å². The smallest absolute Gasteiger partial charge is 0.0433 e. The Balaban J connectivity index is 3.91. The van der Waals surface area contributed by atoms with Crippen LogP contribution in [-0.4, -0.2) is 11.7 Å². The largest absolute Gasteiger partial charge is 0.396 e. The van der Waals surface area contributed by atoms with Crippen LogP contribution in [0.25, 0.3) is 0 Å². The second-order valence-corrected chi connectivity index (χ2v) is 9.38. The van der Waals surface area contributed by atoms with E-state index < -0.39 is 0 Å². The lowest BCUT2D eigenvalue weighted by atomic mass is 9.91. The van der Waals surface area contributed by atoms with Crippen molar-refractivity contribution >= 4 is 0 Å². The summed E-state index contributed by atoms with van der Waals surface area (Å²) in [5.74, 6) is 2.13. The normalized spacial score (nSPS) is 15.3. The Morgan fingerprint density at radius 1 is 0.815 bits per heavy atom. The molecule has 1 heteroatoms. The third-order valence-electron chi connectivity index (χ3n) is 5.41. The highest BCUT2D eigenvalue weighted by atomic mass is 16.3. The van der Waals surface area contributed by atoms with Gasteiger partial charge in [0, 0.05) is 6.61 Å². The Hall–Kier alpha value is -0.820. The Kier molecular flexibility index (Phi) is 15.7. The van der Waals surface area contributed by atoms with Crippen LogP contribution in [0.15, 0.2) is 35.5 Å². The predicted molar refractivity (Wildman–Crippen MR) is 123 cm³/mol. The molecule has 0 aliphatic carbocycles. The van der Waals surface area contributed by atoms with Crippen molar-refractivity contribution in [3.8, 4) is 0 Å². The fraction of sp³-hybridized carbons (Fsp3) is 0.769. The van der Waals surface area contributed by atoms with Crippen molar-refractivity contribution in [2.75, 3.05) is 6.61 Å². The highest BCUT2D eigenvalue weighted by molar-refractivity contribution is 5.04. The van der Waals surface area contributed by atoms with Gasteiger partial charge in [0.15, 0.2) is 0 Å². The summed E-state index contributed by atoms with van der Waals surface area (Å²) in [6.07, 6.45) is 16.7. The number of hydrogen-bond donors (Lipinski definition) is 1. The highest BCUT2D eigenvalue weighted by Crippen LogP contribution is 2.22. The summed E-state index contributed by atoms with van der Waals surface area (Å²) in [4.78, 5) is 0. The first-order valence-corrected chi connectivity index (χ1v) is 11.3. The van der Waals surface area contributed by atoms with Crippen LogP contribution < -0.4 is 0 Å². The van der Waals surface area contributed by atoms with Crippen molar-refractivity contribution in [3.05, 3.63) is 35.5 Å². The van der Waals surface area contributed by atoms with Crippen LogP contribution in [0.5, 0.6) is 0 Å². The van der Waals surface area contributed by atoms with Crippen LogP contribution in [0.2, 0.25) is 0 Å². The number of aliphatic hydroxyl groups is 1. The van der Waals surface area contributed by atoms with E-state index in [1.807, 2.05) is 0 Å². The van der Waals surface area contributed by atoms with Gasteiger partial charge in [0.1, 0.15) is 0 Å². The fourth-order valence-corrected chi connectivity index (χ4v) is 3.71. The van der Waals surface area contributed by atoms with Gasteiger partial charge in [-0.25, -0.2) is 0 Å².